The van der Waals surface area contributed by atoms with E-state index in [4.69, 9.17) is 9.84 Å². The molecule has 0 spiro atoms. The summed E-state index contributed by atoms with van der Waals surface area (Å²) in [6.45, 7) is 0. The summed E-state index contributed by atoms with van der Waals surface area (Å²) in [6, 6.07) is 8.12. The Hall–Kier alpha value is -3.22. The lowest BCUT2D eigenvalue weighted by atomic mass is 10.2. The third-order valence-corrected chi connectivity index (χ3v) is 2.83. The van der Waals surface area contributed by atoms with Crippen molar-refractivity contribution in [2.75, 3.05) is 7.11 Å². The normalized spacial score (nSPS) is 10.1. The number of carbonyl (C=O) groups excluding carboxylic acids is 1. The lowest BCUT2D eigenvalue weighted by molar-refractivity contribution is 0.0954. The highest BCUT2D eigenvalue weighted by Gasteiger charge is 2.09. The molecular formula is C16H18N2O5. The van der Waals surface area contributed by atoms with Crippen LogP contribution < -0.4 is 10.2 Å². The first kappa shape index (κ1) is 17.8. The van der Waals surface area contributed by atoms with Crippen molar-refractivity contribution in [1.82, 2.24) is 5.43 Å². The SMILES string of the molecule is C.COc1cc(C(=O)N/N=C/c2ccc(O)cc2O)ccc1O. The van der Waals surface area contributed by atoms with Crippen molar-refractivity contribution in [1.29, 1.82) is 0 Å². The second-order valence-corrected chi connectivity index (χ2v) is 4.33. The molecule has 0 atom stereocenters. The van der Waals surface area contributed by atoms with E-state index in [0.717, 1.165) is 6.07 Å². The molecule has 2 rings (SSSR count). The predicted molar refractivity (Wildman–Crippen MR) is 86.2 cm³/mol. The summed E-state index contributed by atoms with van der Waals surface area (Å²) in [5.74, 6) is -0.642. The monoisotopic (exact) mass is 318 g/mol. The summed E-state index contributed by atoms with van der Waals surface area (Å²) in [5.41, 5.74) is 2.87. The van der Waals surface area contributed by atoms with Gasteiger partial charge in [-0.05, 0) is 30.3 Å². The van der Waals surface area contributed by atoms with Crippen LogP contribution in [-0.4, -0.2) is 34.6 Å². The van der Waals surface area contributed by atoms with E-state index in [1.807, 2.05) is 0 Å². The van der Waals surface area contributed by atoms with Gasteiger partial charge in [0.2, 0.25) is 0 Å². The van der Waals surface area contributed by atoms with Gasteiger partial charge in [-0.15, -0.1) is 0 Å². The molecule has 2 aromatic rings. The fourth-order valence-electron chi connectivity index (χ4n) is 1.69. The van der Waals surface area contributed by atoms with E-state index in [-0.39, 0.29) is 36.0 Å². The Morgan fingerprint density at radius 3 is 2.52 bits per heavy atom. The molecule has 0 saturated carbocycles. The number of phenols is 3. The van der Waals surface area contributed by atoms with Crippen LogP contribution in [0.5, 0.6) is 23.0 Å². The molecule has 0 radical (unpaired) electrons. The average molecular weight is 318 g/mol. The maximum Gasteiger partial charge on any atom is 0.271 e. The smallest absolute Gasteiger partial charge is 0.271 e. The zero-order valence-electron chi connectivity index (χ0n) is 11.6. The van der Waals surface area contributed by atoms with Crippen molar-refractivity contribution < 1.29 is 24.9 Å². The highest BCUT2D eigenvalue weighted by Crippen LogP contribution is 2.26. The molecule has 0 aliphatic heterocycles. The van der Waals surface area contributed by atoms with Gasteiger partial charge in [0, 0.05) is 17.2 Å². The van der Waals surface area contributed by atoms with Crippen molar-refractivity contribution in [2.24, 2.45) is 5.10 Å². The Labute approximate surface area is 133 Å². The van der Waals surface area contributed by atoms with Gasteiger partial charge in [-0.1, -0.05) is 7.43 Å². The van der Waals surface area contributed by atoms with Gasteiger partial charge in [0.05, 0.1) is 13.3 Å². The number of methoxy groups -OCH3 is 1. The quantitative estimate of drug-likeness (QED) is 0.510. The Morgan fingerprint density at radius 1 is 1.13 bits per heavy atom. The van der Waals surface area contributed by atoms with Crippen LogP contribution in [0.15, 0.2) is 41.5 Å². The number of amides is 1. The number of hydrogen-bond donors (Lipinski definition) is 4. The van der Waals surface area contributed by atoms with Gasteiger partial charge in [-0.3, -0.25) is 4.79 Å². The molecule has 122 valence electrons. The van der Waals surface area contributed by atoms with Crippen molar-refractivity contribution in [3.05, 3.63) is 47.5 Å². The number of phenolic OH excluding ortho intramolecular Hbond substituents is 3. The maximum atomic E-state index is 11.9. The highest BCUT2D eigenvalue weighted by molar-refractivity contribution is 5.95. The number of benzene rings is 2. The molecule has 4 N–H and O–H groups in total. The van der Waals surface area contributed by atoms with Crippen LogP contribution in [0.2, 0.25) is 0 Å². The van der Waals surface area contributed by atoms with Gasteiger partial charge in [-0.2, -0.15) is 5.10 Å². The van der Waals surface area contributed by atoms with Crippen molar-refractivity contribution in [2.45, 2.75) is 7.43 Å². The van der Waals surface area contributed by atoms with Gasteiger partial charge in [0.1, 0.15) is 11.5 Å². The minimum absolute atomic E-state index is 0. The standard InChI is InChI=1S/C15H14N2O5.CH4/c1-22-14-6-9(3-5-12(14)19)15(21)17-16-8-10-2-4-11(18)7-13(10)20;/h2-8,18-20H,1H3,(H,17,21);1H4/b16-8+;. The van der Waals surface area contributed by atoms with Crippen LogP contribution >= 0.6 is 0 Å². The third-order valence-electron chi connectivity index (χ3n) is 2.83. The first-order chi connectivity index (χ1) is 10.5. The molecule has 1 amide bonds. The summed E-state index contributed by atoms with van der Waals surface area (Å²) in [4.78, 5) is 11.9. The number of hydrazone groups is 1. The van der Waals surface area contributed by atoms with Crippen molar-refractivity contribution in [3.8, 4) is 23.0 Å². The Balaban J connectivity index is 0.00000264. The summed E-state index contributed by atoms with van der Waals surface area (Å²) in [6.07, 6.45) is 1.24. The van der Waals surface area contributed by atoms with Crippen LogP contribution in [0.25, 0.3) is 0 Å². The highest BCUT2D eigenvalue weighted by atomic mass is 16.5. The van der Waals surface area contributed by atoms with Crippen LogP contribution in [0.3, 0.4) is 0 Å². The Bertz CT molecular complexity index is 728. The topological polar surface area (TPSA) is 111 Å². The molecule has 0 aromatic heterocycles. The molecule has 0 fully saturated rings. The van der Waals surface area contributed by atoms with Crippen molar-refractivity contribution >= 4 is 12.1 Å². The molecule has 0 saturated heterocycles. The molecule has 0 bridgehead atoms. The Morgan fingerprint density at radius 2 is 1.87 bits per heavy atom. The number of hydrogen-bond acceptors (Lipinski definition) is 6. The fraction of sp³-hybridized carbons (Fsp3) is 0.125. The minimum Gasteiger partial charge on any atom is -0.508 e. The van der Waals surface area contributed by atoms with Gasteiger partial charge >= 0.3 is 0 Å². The zero-order valence-corrected chi connectivity index (χ0v) is 11.6. The summed E-state index contributed by atoms with van der Waals surface area (Å²) >= 11 is 0. The number of ether oxygens (including phenoxy) is 1. The van der Waals surface area contributed by atoms with E-state index in [0.29, 0.717) is 5.56 Å². The molecule has 0 unspecified atom stereocenters. The summed E-state index contributed by atoms with van der Waals surface area (Å²) < 4.78 is 4.91. The van der Waals surface area contributed by atoms with E-state index in [2.05, 4.69) is 10.5 Å². The number of carbonyl (C=O) groups is 1. The van der Waals surface area contributed by atoms with E-state index >= 15 is 0 Å². The van der Waals surface area contributed by atoms with Crippen molar-refractivity contribution in [3.63, 3.8) is 0 Å². The molecule has 0 aliphatic carbocycles. The number of aromatic hydroxyl groups is 3. The third kappa shape index (κ3) is 4.37. The van der Waals surface area contributed by atoms with Gasteiger partial charge in [-0.25, -0.2) is 5.43 Å². The first-order valence-corrected chi connectivity index (χ1v) is 6.23. The van der Waals surface area contributed by atoms with E-state index in [1.165, 1.54) is 43.7 Å². The van der Waals surface area contributed by atoms with Gasteiger partial charge < -0.3 is 20.1 Å². The first-order valence-electron chi connectivity index (χ1n) is 6.23. The van der Waals surface area contributed by atoms with Crippen LogP contribution in [0, 0.1) is 0 Å². The van der Waals surface area contributed by atoms with E-state index in [1.54, 1.807) is 0 Å². The summed E-state index contributed by atoms with van der Waals surface area (Å²) in [7, 11) is 1.38. The largest absolute Gasteiger partial charge is 0.508 e. The lowest BCUT2D eigenvalue weighted by Crippen LogP contribution is -2.17. The van der Waals surface area contributed by atoms with Crippen LogP contribution in [0.4, 0.5) is 0 Å². The minimum atomic E-state index is -0.507. The Kier molecular flexibility index (Phi) is 5.96. The summed E-state index contributed by atoms with van der Waals surface area (Å²) in [5, 5.41) is 31.9. The molecule has 0 heterocycles. The second-order valence-electron chi connectivity index (χ2n) is 4.33. The average Bonchev–Trinajstić information content (AvgIpc) is 2.49. The maximum absolute atomic E-state index is 11.9. The lowest BCUT2D eigenvalue weighted by Gasteiger charge is -2.05. The molecule has 0 aliphatic rings. The number of nitrogens with one attached hydrogen (secondary N) is 1. The molecule has 2 aromatic carbocycles. The zero-order chi connectivity index (χ0) is 16.1. The van der Waals surface area contributed by atoms with E-state index < -0.39 is 5.91 Å². The second kappa shape index (κ2) is 7.69. The molecule has 23 heavy (non-hydrogen) atoms. The predicted octanol–water partition coefficient (Wildman–Crippen LogP) is 2.21. The fourth-order valence-corrected chi connectivity index (χ4v) is 1.69. The number of rotatable bonds is 4. The van der Waals surface area contributed by atoms with Crippen LogP contribution in [0.1, 0.15) is 23.3 Å². The molecular weight excluding hydrogens is 300 g/mol. The molecule has 7 nitrogen and oxygen atoms in total. The van der Waals surface area contributed by atoms with E-state index in [9.17, 15) is 15.0 Å². The molecule has 7 heteroatoms. The van der Waals surface area contributed by atoms with Crippen LogP contribution in [-0.2, 0) is 0 Å². The van der Waals surface area contributed by atoms with Gasteiger partial charge in [0.25, 0.3) is 5.91 Å². The van der Waals surface area contributed by atoms with Gasteiger partial charge in [0.15, 0.2) is 11.5 Å². The number of nitrogens with zero attached hydrogens (tertiary/aromatic N) is 1.